The summed E-state index contributed by atoms with van der Waals surface area (Å²) in [4.78, 5) is 0. The first kappa shape index (κ1) is 10.1. The fraction of sp³-hybridized carbons (Fsp3) is 0. The van der Waals surface area contributed by atoms with E-state index in [0.29, 0.717) is 0 Å². The monoisotopic (exact) mass is 600 g/mol. The summed E-state index contributed by atoms with van der Waals surface area (Å²) in [5, 5.41) is -3.90. The van der Waals surface area contributed by atoms with E-state index < -0.39 is 257 Å². The van der Waals surface area contributed by atoms with E-state index in [4.69, 9.17) is 30.5 Å². The molecule has 0 radical (unpaired) electrons. The maximum absolute atomic E-state index is 9.59. The smallest absolute Gasteiger partial charge is 0.143 e. The number of fused-ring (bicyclic) bond motifs is 5. The Morgan fingerprint density at radius 1 is 0.311 bits per heavy atom. The van der Waals surface area contributed by atoms with Gasteiger partial charge in [0.2, 0.25) is 0 Å². The van der Waals surface area contributed by atoms with Crippen molar-refractivity contribution < 1.29 is 42.8 Å². The van der Waals surface area contributed by atoms with Gasteiger partial charge in [0.05, 0.1) is 38.4 Å². The van der Waals surface area contributed by atoms with E-state index in [2.05, 4.69) is 0 Å². The van der Waals surface area contributed by atoms with Gasteiger partial charge in [-0.05, 0) is 61.0 Å². The Kier molecular flexibility index (Phi) is 2.32. The number of hydrogen-bond acceptors (Lipinski definition) is 1. The molecule has 0 saturated carbocycles. The van der Waals surface area contributed by atoms with Crippen LogP contribution in [0.3, 0.4) is 0 Å². The van der Waals surface area contributed by atoms with Crippen LogP contribution in [0.4, 0.5) is 0 Å². The van der Waals surface area contributed by atoms with Crippen molar-refractivity contribution >= 4 is 43.5 Å². The van der Waals surface area contributed by atoms with Gasteiger partial charge in [0, 0.05) is 21.9 Å². The molecule has 210 valence electrons. The largest absolute Gasteiger partial charge is 0.455 e. The summed E-state index contributed by atoms with van der Waals surface area (Å²) < 4.78 is 255. The second-order valence-electron chi connectivity index (χ2n) is 9.51. The number of hydrogen-bond donors (Lipinski definition) is 0. The maximum Gasteiger partial charge on any atom is 0.143 e. The summed E-state index contributed by atoms with van der Waals surface area (Å²) in [6.07, 6.45) is 0. The molecule has 0 aliphatic rings. The minimum atomic E-state index is -1.15. The molecule has 0 aliphatic heterocycles. The molecule has 9 aromatic rings. The van der Waals surface area contributed by atoms with E-state index in [0.717, 1.165) is 0 Å². The number of furan rings is 1. The van der Waals surface area contributed by atoms with Crippen LogP contribution in [0.2, 0.25) is 0 Å². The van der Waals surface area contributed by atoms with Crippen molar-refractivity contribution in [1.82, 2.24) is 0 Å². The molecular weight excluding hydrogens is 544 g/mol. The lowest BCUT2D eigenvalue weighted by Gasteiger charge is -2.18. The first-order chi connectivity index (χ1) is 34.0. The fourth-order valence-electron chi connectivity index (χ4n) is 5.25. The fourth-order valence-corrected chi connectivity index (χ4v) is 5.25. The molecule has 1 nitrogen and oxygen atoms in total. The highest BCUT2D eigenvalue weighted by Crippen LogP contribution is 2.46. The molecule has 9 rings (SSSR count). The first-order valence-corrected chi connectivity index (χ1v) is 13.2. The Balaban J connectivity index is 1.56. The van der Waals surface area contributed by atoms with Crippen LogP contribution in [0.25, 0.3) is 88.0 Å². The van der Waals surface area contributed by atoms with Crippen LogP contribution < -0.4 is 0 Å². The standard InChI is InChI=1S/C44H28O/c1-2-13-29(14-3-1)32-15-4-5-16-33(32)30-25-27-31(28-26-30)42-35-18-6-8-20-37(35)43(38-21-9-7-19-36(38)42)40-23-12-22-39-34-17-10-11-24-41(34)45-44(39)40/h1-28H/i1D,2D,3D,4D,5D,6D,7D,8D,9D,10D,11D,12D,13D,14D,15D,16D,17D,18D,19D,20D,21D,22D,23D,24D,25D,26D,27D,28D. The first-order valence-electron chi connectivity index (χ1n) is 27.2. The molecule has 0 atom stereocenters. The van der Waals surface area contributed by atoms with Crippen molar-refractivity contribution in [3.8, 4) is 44.5 Å². The van der Waals surface area contributed by atoms with Crippen LogP contribution in [-0.2, 0) is 0 Å². The van der Waals surface area contributed by atoms with E-state index in [-0.39, 0.29) is 0 Å². The Labute approximate surface area is 301 Å². The summed E-state index contributed by atoms with van der Waals surface area (Å²) in [6, 6.07) is -27.0. The molecule has 8 aromatic carbocycles. The molecule has 0 unspecified atom stereocenters. The van der Waals surface area contributed by atoms with Crippen molar-refractivity contribution in [3.63, 3.8) is 0 Å². The van der Waals surface area contributed by atoms with E-state index in [1.807, 2.05) is 0 Å². The van der Waals surface area contributed by atoms with Gasteiger partial charge in [0.1, 0.15) is 11.2 Å². The van der Waals surface area contributed by atoms with Crippen LogP contribution in [0.5, 0.6) is 0 Å². The van der Waals surface area contributed by atoms with Gasteiger partial charge >= 0.3 is 0 Å². The van der Waals surface area contributed by atoms with Gasteiger partial charge in [0.15, 0.2) is 0 Å². The van der Waals surface area contributed by atoms with Gasteiger partial charge in [0.25, 0.3) is 0 Å². The average molecular weight is 601 g/mol. The molecule has 45 heavy (non-hydrogen) atoms. The van der Waals surface area contributed by atoms with E-state index >= 15 is 0 Å². The highest BCUT2D eigenvalue weighted by atomic mass is 16.3. The third-order valence-corrected chi connectivity index (χ3v) is 7.12. The minimum absolute atomic E-state index is 0.434. The summed E-state index contributed by atoms with van der Waals surface area (Å²) in [5.74, 6) is 0. The molecule has 0 spiro atoms. The third kappa shape index (κ3) is 4.09. The van der Waals surface area contributed by atoms with Crippen LogP contribution >= 0.6 is 0 Å². The molecule has 0 N–H and O–H groups in total. The second-order valence-corrected chi connectivity index (χ2v) is 9.51. The lowest BCUT2D eigenvalue weighted by Crippen LogP contribution is -1.91. The summed E-state index contributed by atoms with van der Waals surface area (Å²) in [7, 11) is 0. The van der Waals surface area contributed by atoms with Gasteiger partial charge < -0.3 is 4.42 Å². The maximum atomic E-state index is 9.59. The molecule has 1 aromatic heterocycles. The highest BCUT2D eigenvalue weighted by molar-refractivity contribution is 6.24. The van der Waals surface area contributed by atoms with Gasteiger partial charge in [-0.15, -0.1) is 0 Å². The molecule has 0 saturated heterocycles. The van der Waals surface area contributed by atoms with Crippen LogP contribution in [-0.4, -0.2) is 0 Å². The lowest BCUT2D eigenvalue weighted by molar-refractivity contribution is 0.670. The third-order valence-electron chi connectivity index (χ3n) is 7.12. The zero-order valence-electron chi connectivity index (χ0n) is 50.4. The number of rotatable bonds is 4. The predicted molar refractivity (Wildman–Crippen MR) is 190 cm³/mol. The zero-order chi connectivity index (χ0) is 54.1. The van der Waals surface area contributed by atoms with Gasteiger partial charge in [-0.25, -0.2) is 0 Å². The lowest BCUT2D eigenvalue weighted by atomic mass is 9.85. The van der Waals surface area contributed by atoms with Crippen molar-refractivity contribution in [3.05, 3.63) is 169 Å². The second kappa shape index (κ2) is 10.4. The molecule has 0 fully saturated rings. The van der Waals surface area contributed by atoms with Crippen molar-refractivity contribution in [2.75, 3.05) is 0 Å². The topological polar surface area (TPSA) is 13.1 Å². The summed E-state index contributed by atoms with van der Waals surface area (Å²) in [6.45, 7) is 0. The van der Waals surface area contributed by atoms with Gasteiger partial charge in [-0.3, -0.25) is 0 Å². The summed E-state index contributed by atoms with van der Waals surface area (Å²) in [5.41, 5.74) is -7.66. The van der Waals surface area contributed by atoms with Crippen LogP contribution in [0.1, 0.15) is 38.4 Å². The molecule has 1 heterocycles. The average Bonchev–Trinajstić information content (AvgIpc) is 3.76. The van der Waals surface area contributed by atoms with Gasteiger partial charge in [-0.2, -0.15) is 0 Å². The predicted octanol–water partition coefficient (Wildman–Crippen LogP) is 12.6. The Hall–Kier alpha value is -5.92. The van der Waals surface area contributed by atoms with Crippen molar-refractivity contribution in [2.24, 2.45) is 0 Å². The number of benzene rings is 8. The van der Waals surface area contributed by atoms with E-state index in [1.54, 1.807) is 0 Å². The van der Waals surface area contributed by atoms with Crippen molar-refractivity contribution in [1.29, 1.82) is 0 Å². The highest BCUT2D eigenvalue weighted by Gasteiger charge is 2.20. The molecule has 1 heteroatoms. The SMILES string of the molecule is [2H]c1c([2H])c([2H])c(-c2c([2H])c([2H])c([2H])c([2H])c2-c2c([2H])c([2H])c(-c3c4c([2H])c([2H])c([2H])c([2H])c4c(-c4c([2H])c([2H])c([2H])c5c4oc4c([2H])c([2H])c([2H])c([2H])c45)c4c([2H])c([2H])c([2H])c([2H])c34)c([2H])c2[2H])c([2H])c1[2H]. The van der Waals surface area contributed by atoms with Gasteiger partial charge in [-0.1, -0.05) is 163 Å². The Morgan fingerprint density at radius 2 is 0.756 bits per heavy atom. The zero-order valence-corrected chi connectivity index (χ0v) is 22.4. The quantitative estimate of drug-likeness (QED) is 0.183. The molecule has 0 bridgehead atoms. The molecule has 0 aliphatic carbocycles. The van der Waals surface area contributed by atoms with Crippen LogP contribution in [0.15, 0.2) is 174 Å². The molecular formula is C44H28O. The van der Waals surface area contributed by atoms with E-state index in [1.165, 1.54) is 0 Å². The number of para-hydroxylation sites is 2. The Morgan fingerprint density at radius 3 is 1.40 bits per heavy atom. The normalized spacial score (nSPS) is 20.3. The Bertz CT molecular complexity index is 3980. The van der Waals surface area contributed by atoms with E-state index in [9.17, 15) is 12.3 Å². The minimum Gasteiger partial charge on any atom is -0.455 e. The van der Waals surface area contributed by atoms with Crippen LogP contribution in [0, 0.1) is 0 Å². The van der Waals surface area contributed by atoms with Crippen molar-refractivity contribution in [2.45, 2.75) is 0 Å². The summed E-state index contributed by atoms with van der Waals surface area (Å²) >= 11 is 0. The molecule has 0 amide bonds.